The van der Waals surface area contributed by atoms with Crippen molar-refractivity contribution in [1.29, 1.82) is 0 Å². The smallest absolute Gasteiger partial charge is 0.243 e. The van der Waals surface area contributed by atoms with Crippen LogP contribution in [-0.4, -0.2) is 76.1 Å². The first kappa shape index (κ1) is 18.9. The van der Waals surface area contributed by atoms with Crippen molar-refractivity contribution in [2.45, 2.75) is 17.7 Å². The topological polar surface area (TPSA) is 88.2 Å². The number of ether oxygens (including phenoxy) is 2. The Kier molecular flexibility index (Phi) is 4.76. The van der Waals surface area contributed by atoms with Crippen molar-refractivity contribution in [3.05, 3.63) is 29.3 Å². The number of nitrogens with one attached hydrogen (secondary N) is 1. The summed E-state index contributed by atoms with van der Waals surface area (Å²) in [6.45, 7) is 4.21. The molecule has 9 heteroatoms. The van der Waals surface area contributed by atoms with E-state index in [2.05, 4.69) is 5.32 Å². The molecule has 0 bridgehead atoms. The highest BCUT2D eigenvalue weighted by Gasteiger charge is 2.39. The van der Waals surface area contributed by atoms with E-state index in [-0.39, 0.29) is 16.7 Å². The van der Waals surface area contributed by atoms with Crippen molar-refractivity contribution in [3.63, 3.8) is 0 Å². The minimum absolute atomic E-state index is 0.0613. The van der Waals surface area contributed by atoms with Crippen LogP contribution in [-0.2, 0) is 19.6 Å². The molecule has 5 rings (SSSR count). The number of fused-ring (bicyclic) bond motifs is 1. The van der Waals surface area contributed by atoms with Crippen LogP contribution in [0.1, 0.15) is 12.8 Å². The van der Waals surface area contributed by atoms with E-state index in [0.717, 1.165) is 30.6 Å². The Hall–Kier alpha value is -2.10. The second-order valence-corrected chi connectivity index (χ2v) is 9.96. The van der Waals surface area contributed by atoms with Gasteiger partial charge in [0.25, 0.3) is 0 Å². The zero-order valence-electron chi connectivity index (χ0n) is 16.2. The molecule has 8 nitrogen and oxygen atoms in total. The summed E-state index contributed by atoms with van der Waals surface area (Å²) in [6.07, 6.45) is 1.79. The van der Waals surface area contributed by atoms with Crippen LogP contribution in [0, 0.1) is 5.92 Å². The van der Waals surface area contributed by atoms with Crippen LogP contribution < -0.4 is 10.1 Å². The number of carbonyl (C=O) groups is 1. The molecule has 0 spiro atoms. The second kappa shape index (κ2) is 7.30. The molecule has 1 aromatic rings. The Balaban J connectivity index is 1.26. The lowest BCUT2D eigenvalue weighted by atomic mass is 10.0. The molecule has 0 aliphatic carbocycles. The average molecular weight is 420 g/mol. The first-order valence-electron chi connectivity index (χ1n) is 10.1. The Labute approximate surface area is 170 Å². The maximum absolute atomic E-state index is 13.1. The molecule has 1 atom stereocenters. The minimum Gasteiger partial charge on any atom is -0.490 e. The van der Waals surface area contributed by atoms with Crippen LogP contribution in [0.15, 0.2) is 34.2 Å². The summed E-state index contributed by atoms with van der Waals surface area (Å²) in [5.41, 5.74) is 2.82. The third kappa shape index (κ3) is 3.41. The molecule has 0 saturated carbocycles. The number of hydrogen-bond donors (Lipinski definition) is 1. The monoisotopic (exact) mass is 419 g/mol. The third-order valence-corrected chi connectivity index (χ3v) is 7.87. The molecular weight excluding hydrogens is 394 g/mol. The molecular formula is C20H25N3O5S. The lowest BCUT2D eigenvalue weighted by molar-refractivity contribution is -0.138. The van der Waals surface area contributed by atoms with Crippen LogP contribution >= 0.6 is 0 Å². The van der Waals surface area contributed by atoms with E-state index >= 15 is 0 Å². The summed E-state index contributed by atoms with van der Waals surface area (Å²) in [6, 6.07) is 4.95. The molecule has 1 fully saturated rings. The van der Waals surface area contributed by atoms with Crippen molar-refractivity contribution < 1.29 is 22.7 Å². The number of amides is 1. The first-order valence-corrected chi connectivity index (χ1v) is 11.5. The Morgan fingerprint density at radius 3 is 2.62 bits per heavy atom. The SMILES string of the molecule is O=C([C@H]1CCCOC1)N1CC2=C(C1)CN(S(=O)(=O)c1ccc3c(c1)NCCO3)C2. The lowest BCUT2D eigenvalue weighted by Crippen LogP contribution is -2.41. The molecule has 0 aromatic heterocycles. The molecule has 4 aliphatic rings. The molecule has 1 amide bonds. The molecule has 1 saturated heterocycles. The Bertz CT molecular complexity index is 950. The van der Waals surface area contributed by atoms with Gasteiger partial charge in [-0.15, -0.1) is 0 Å². The summed E-state index contributed by atoms with van der Waals surface area (Å²) in [7, 11) is -3.60. The molecule has 4 aliphatic heterocycles. The van der Waals surface area contributed by atoms with E-state index in [0.29, 0.717) is 57.4 Å². The Morgan fingerprint density at radius 1 is 1.10 bits per heavy atom. The maximum Gasteiger partial charge on any atom is 0.243 e. The van der Waals surface area contributed by atoms with Crippen molar-refractivity contribution in [3.8, 4) is 5.75 Å². The zero-order chi connectivity index (χ0) is 20.0. The summed E-state index contributed by atoms with van der Waals surface area (Å²) in [4.78, 5) is 14.9. The zero-order valence-corrected chi connectivity index (χ0v) is 17.0. The van der Waals surface area contributed by atoms with Gasteiger partial charge in [-0.25, -0.2) is 8.42 Å². The highest BCUT2D eigenvalue weighted by molar-refractivity contribution is 7.89. The first-order chi connectivity index (χ1) is 14.0. The van der Waals surface area contributed by atoms with Gasteiger partial charge in [0, 0.05) is 39.3 Å². The van der Waals surface area contributed by atoms with E-state index in [9.17, 15) is 13.2 Å². The van der Waals surface area contributed by atoms with Crippen LogP contribution in [0.5, 0.6) is 5.75 Å². The number of nitrogens with zero attached hydrogens (tertiary/aromatic N) is 2. The van der Waals surface area contributed by atoms with Gasteiger partial charge in [0.1, 0.15) is 12.4 Å². The number of benzene rings is 1. The van der Waals surface area contributed by atoms with Crippen molar-refractivity contribution in [1.82, 2.24) is 9.21 Å². The number of carbonyl (C=O) groups excluding carboxylic acids is 1. The molecule has 0 radical (unpaired) electrons. The number of hydrogen-bond acceptors (Lipinski definition) is 6. The lowest BCUT2D eigenvalue weighted by Gasteiger charge is -2.28. The predicted octanol–water partition coefficient (Wildman–Crippen LogP) is 1.06. The van der Waals surface area contributed by atoms with E-state index < -0.39 is 10.0 Å². The van der Waals surface area contributed by atoms with E-state index in [1.165, 1.54) is 4.31 Å². The average Bonchev–Trinajstić information content (AvgIpc) is 3.33. The van der Waals surface area contributed by atoms with Gasteiger partial charge in [0.2, 0.25) is 15.9 Å². The van der Waals surface area contributed by atoms with Gasteiger partial charge in [-0.05, 0) is 42.2 Å². The Morgan fingerprint density at radius 2 is 1.90 bits per heavy atom. The third-order valence-electron chi connectivity index (χ3n) is 6.08. The fourth-order valence-electron chi connectivity index (χ4n) is 4.49. The van der Waals surface area contributed by atoms with Gasteiger partial charge in [-0.1, -0.05) is 0 Å². The van der Waals surface area contributed by atoms with Gasteiger partial charge in [0.15, 0.2) is 0 Å². The standard InChI is InChI=1S/C20H25N3O5S/c24-20(14-2-1-6-27-13-14)22-9-15-11-23(12-16(15)10-22)29(25,26)17-3-4-19-18(8-17)21-5-7-28-19/h3-4,8,14,21H,1-2,5-7,9-13H2/t14-/m0/s1. The minimum atomic E-state index is -3.60. The van der Waals surface area contributed by atoms with Crippen molar-refractivity contribution in [2.24, 2.45) is 5.92 Å². The van der Waals surface area contributed by atoms with Gasteiger partial charge in [0.05, 0.1) is 23.1 Å². The van der Waals surface area contributed by atoms with Crippen molar-refractivity contribution >= 4 is 21.6 Å². The largest absolute Gasteiger partial charge is 0.490 e. The molecule has 4 heterocycles. The molecule has 1 aromatic carbocycles. The summed E-state index contributed by atoms with van der Waals surface area (Å²) < 4.78 is 38.8. The molecule has 156 valence electrons. The van der Waals surface area contributed by atoms with Crippen LogP contribution in [0.25, 0.3) is 0 Å². The second-order valence-electron chi connectivity index (χ2n) is 8.02. The fourth-order valence-corrected chi connectivity index (χ4v) is 5.95. The molecule has 29 heavy (non-hydrogen) atoms. The van der Waals surface area contributed by atoms with E-state index in [1.807, 2.05) is 4.90 Å². The summed E-state index contributed by atoms with van der Waals surface area (Å²) in [5, 5.41) is 3.18. The van der Waals surface area contributed by atoms with Gasteiger partial charge < -0.3 is 19.7 Å². The van der Waals surface area contributed by atoms with Gasteiger partial charge in [-0.2, -0.15) is 4.31 Å². The maximum atomic E-state index is 13.1. The number of rotatable bonds is 3. The normalized spacial score (nSPS) is 24.7. The van der Waals surface area contributed by atoms with Gasteiger partial charge >= 0.3 is 0 Å². The quantitative estimate of drug-likeness (QED) is 0.737. The number of sulfonamides is 1. The van der Waals surface area contributed by atoms with Gasteiger partial charge in [-0.3, -0.25) is 4.79 Å². The van der Waals surface area contributed by atoms with Crippen LogP contribution in [0.4, 0.5) is 5.69 Å². The van der Waals surface area contributed by atoms with E-state index in [4.69, 9.17) is 9.47 Å². The summed E-state index contributed by atoms with van der Waals surface area (Å²) in [5.74, 6) is 0.751. The highest BCUT2D eigenvalue weighted by atomic mass is 32.2. The van der Waals surface area contributed by atoms with Crippen LogP contribution in [0.3, 0.4) is 0 Å². The number of anilines is 1. The molecule has 1 N–H and O–H groups in total. The van der Waals surface area contributed by atoms with Crippen molar-refractivity contribution in [2.75, 3.05) is 57.9 Å². The predicted molar refractivity (Wildman–Crippen MR) is 106 cm³/mol. The van der Waals surface area contributed by atoms with Crippen LogP contribution in [0.2, 0.25) is 0 Å². The van der Waals surface area contributed by atoms with E-state index in [1.54, 1.807) is 18.2 Å². The fraction of sp³-hybridized carbons (Fsp3) is 0.550. The summed E-state index contributed by atoms with van der Waals surface area (Å²) >= 11 is 0. The highest BCUT2D eigenvalue weighted by Crippen LogP contribution is 2.34. The molecule has 0 unspecified atom stereocenters.